The normalized spacial score (nSPS) is 12.0. The molecule has 0 aromatic heterocycles. The van der Waals surface area contributed by atoms with Crippen molar-refractivity contribution >= 4 is 17.9 Å². The Kier molecular flexibility index (Phi) is 53.2. The van der Waals surface area contributed by atoms with Gasteiger partial charge in [0.05, 0.1) is 0 Å². The first-order valence-electron chi connectivity index (χ1n) is 29.2. The van der Waals surface area contributed by atoms with Gasteiger partial charge in [-0.1, -0.05) is 277 Å². The number of rotatable bonds is 54. The first kappa shape index (κ1) is 63.1. The van der Waals surface area contributed by atoms with Crippen molar-refractivity contribution in [1.29, 1.82) is 0 Å². The lowest BCUT2D eigenvalue weighted by Gasteiger charge is -2.18. The summed E-state index contributed by atoms with van der Waals surface area (Å²) in [4.78, 5) is 38.1. The zero-order chi connectivity index (χ0) is 47.2. The van der Waals surface area contributed by atoms with Crippen LogP contribution in [0.5, 0.6) is 0 Å². The largest absolute Gasteiger partial charge is 0.462 e. The summed E-state index contributed by atoms with van der Waals surface area (Å²) in [5.41, 5.74) is 0. The lowest BCUT2D eigenvalue weighted by molar-refractivity contribution is -0.167. The molecule has 0 aromatic rings. The van der Waals surface area contributed by atoms with Crippen LogP contribution in [0.1, 0.15) is 329 Å². The van der Waals surface area contributed by atoms with Crippen LogP contribution in [-0.2, 0) is 28.6 Å². The van der Waals surface area contributed by atoms with E-state index in [1.807, 2.05) is 0 Å². The molecular formula is C59H112O6. The smallest absolute Gasteiger partial charge is 0.306 e. The molecule has 65 heavy (non-hydrogen) atoms. The quantitative estimate of drug-likeness (QED) is 0.0262. The second-order valence-electron chi connectivity index (χ2n) is 19.9. The van der Waals surface area contributed by atoms with E-state index in [1.165, 1.54) is 231 Å². The van der Waals surface area contributed by atoms with Gasteiger partial charge in [-0.25, -0.2) is 0 Å². The Labute approximate surface area is 405 Å². The minimum atomic E-state index is -0.764. The highest BCUT2D eigenvalue weighted by Crippen LogP contribution is 2.17. The highest BCUT2D eigenvalue weighted by atomic mass is 16.6. The fraction of sp³-hybridized carbons (Fsp3) is 0.915. The molecule has 0 fully saturated rings. The summed E-state index contributed by atoms with van der Waals surface area (Å²) in [6.07, 6.45) is 62.0. The molecule has 0 spiro atoms. The third-order valence-corrected chi connectivity index (χ3v) is 13.3. The Morgan fingerprint density at radius 1 is 0.292 bits per heavy atom. The Balaban J connectivity index is 4.25. The maximum absolute atomic E-state index is 12.8. The van der Waals surface area contributed by atoms with E-state index in [0.717, 1.165) is 57.8 Å². The molecule has 0 aliphatic rings. The average molecular weight is 918 g/mol. The molecule has 384 valence electrons. The standard InChI is InChI=1S/C59H112O6/c1-4-7-10-13-16-19-22-25-27-28-29-30-31-32-33-35-37-40-43-46-49-52-58(61)64-55-56(54-63-57(60)51-48-45-42-39-36-24-21-18-15-12-9-6-3)65-59(62)53-50-47-44-41-38-34-26-23-20-17-14-11-8-5-2/h28-29,56H,4-27,30-55H2,1-3H3/b29-28-. The van der Waals surface area contributed by atoms with Crippen LogP contribution < -0.4 is 0 Å². The maximum Gasteiger partial charge on any atom is 0.306 e. The predicted molar refractivity (Wildman–Crippen MR) is 280 cm³/mol. The number of hydrogen-bond donors (Lipinski definition) is 0. The number of ether oxygens (including phenoxy) is 3. The minimum absolute atomic E-state index is 0.0646. The molecule has 0 aliphatic heterocycles. The Bertz CT molecular complexity index is 1010. The molecule has 6 nitrogen and oxygen atoms in total. The molecule has 0 N–H and O–H groups in total. The van der Waals surface area contributed by atoms with Gasteiger partial charge in [0.25, 0.3) is 0 Å². The SMILES string of the molecule is CCCCCCCCCC/C=C\CCCCCCCCCCCC(=O)OCC(COC(=O)CCCCCCCCCCCCCC)OC(=O)CCCCCCCCCCCCCCCC. The van der Waals surface area contributed by atoms with E-state index in [-0.39, 0.29) is 31.1 Å². The number of unbranched alkanes of at least 4 members (excludes halogenated alkanes) is 41. The van der Waals surface area contributed by atoms with Crippen LogP contribution in [-0.4, -0.2) is 37.2 Å². The summed E-state index contributed by atoms with van der Waals surface area (Å²) in [6.45, 7) is 6.69. The second kappa shape index (κ2) is 54.8. The molecular weight excluding hydrogens is 805 g/mol. The molecule has 0 bridgehead atoms. The van der Waals surface area contributed by atoms with E-state index in [2.05, 4.69) is 32.9 Å². The van der Waals surface area contributed by atoms with Crippen molar-refractivity contribution in [2.75, 3.05) is 13.2 Å². The molecule has 0 radical (unpaired) electrons. The van der Waals surface area contributed by atoms with Crippen molar-refractivity contribution in [2.45, 2.75) is 335 Å². The molecule has 0 aliphatic carbocycles. The molecule has 1 unspecified atom stereocenters. The number of carbonyl (C=O) groups is 3. The van der Waals surface area contributed by atoms with Gasteiger partial charge in [0.1, 0.15) is 13.2 Å². The predicted octanol–water partition coefficient (Wildman–Crippen LogP) is 19.3. The second-order valence-corrected chi connectivity index (χ2v) is 19.9. The molecule has 0 rings (SSSR count). The lowest BCUT2D eigenvalue weighted by atomic mass is 10.0. The van der Waals surface area contributed by atoms with Crippen LogP contribution in [0.2, 0.25) is 0 Å². The van der Waals surface area contributed by atoms with Gasteiger partial charge in [-0.3, -0.25) is 14.4 Å². The molecule has 0 saturated heterocycles. The summed E-state index contributed by atoms with van der Waals surface area (Å²) in [7, 11) is 0. The zero-order valence-electron chi connectivity index (χ0n) is 44.0. The van der Waals surface area contributed by atoms with Crippen LogP contribution in [0.4, 0.5) is 0 Å². The van der Waals surface area contributed by atoms with Gasteiger partial charge in [0.15, 0.2) is 6.10 Å². The van der Waals surface area contributed by atoms with Gasteiger partial charge in [-0.15, -0.1) is 0 Å². The summed E-state index contributed by atoms with van der Waals surface area (Å²) in [5, 5.41) is 0. The van der Waals surface area contributed by atoms with Gasteiger partial charge >= 0.3 is 17.9 Å². The summed E-state index contributed by atoms with van der Waals surface area (Å²) in [6, 6.07) is 0. The van der Waals surface area contributed by atoms with Crippen LogP contribution in [0.25, 0.3) is 0 Å². The van der Waals surface area contributed by atoms with Gasteiger partial charge in [0, 0.05) is 19.3 Å². The van der Waals surface area contributed by atoms with E-state index in [9.17, 15) is 14.4 Å². The molecule has 0 saturated carbocycles. The maximum atomic E-state index is 12.8. The number of allylic oxidation sites excluding steroid dienone is 2. The fourth-order valence-corrected chi connectivity index (χ4v) is 8.85. The highest BCUT2D eigenvalue weighted by Gasteiger charge is 2.19. The van der Waals surface area contributed by atoms with Gasteiger partial charge in [0.2, 0.25) is 0 Å². The van der Waals surface area contributed by atoms with Crippen molar-refractivity contribution in [2.24, 2.45) is 0 Å². The van der Waals surface area contributed by atoms with Crippen LogP contribution >= 0.6 is 0 Å². The van der Waals surface area contributed by atoms with E-state index in [0.29, 0.717) is 19.3 Å². The van der Waals surface area contributed by atoms with E-state index in [4.69, 9.17) is 14.2 Å². The first-order valence-corrected chi connectivity index (χ1v) is 29.2. The molecule has 0 aromatic carbocycles. The van der Waals surface area contributed by atoms with Gasteiger partial charge in [-0.05, 0) is 44.9 Å². The summed E-state index contributed by atoms with van der Waals surface area (Å²) in [5.74, 6) is -0.843. The van der Waals surface area contributed by atoms with Crippen LogP contribution in [0, 0.1) is 0 Å². The fourth-order valence-electron chi connectivity index (χ4n) is 8.85. The zero-order valence-corrected chi connectivity index (χ0v) is 44.0. The first-order chi connectivity index (χ1) is 32.0. The highest BCUT2D eigenvalue weighted by molar-refractivity contribution is 5.71. The lowest BCUT2D eigenvalue weighted by Crippen LogP contribution is -2.30. The van der Waals surface area contributed by atoms with Gasteiger partial charge < -0.3 is 14.2 Å². The molecule has 0 amide bonds. The molecule has 6 heteroatoms. The van der Waals surface area contributed by atoms with Crippen molar-refractivity contribution in [3.8, 4) is 0 Å². The van der Waals surface area contributed by atoms with Crippen molar-refractivity contribution in [3.05, 3.63) is 12.2 Å². The third-order valence-electron chi connectivity index (χ3n) is 13.3. The van der Waals surface area contributed by atoms with Crippen molar-refractivity contribution < 1.29 is 28.6 Å². The topological polar surface area (TPSA) is 78.9 Å². The monoisotopic (exact) mass is 917 g/mol. The van der Waals surface area contributed by atoms with E-state index >= 15 is 0 Å². The minimum Gasteiger partial charge on any atom is -0.462 e. The van der Waals surface area contributed by atoms with Gasteiger partial charge in [-0.2, -0.15) is 0 Å². The van der Waals surface area contributed by atoms with Crippen molar-refractivity contribution in [3.63, 3.8) is 0 Å². The van der Waals surface area contributed by atoms with Crippen molar-refractivity contribution in [1.82, 2.24) is 0 Å². The average Bonchev–Trinajstić information content (AvgIpc) is 3.30. The summed E-state index contributed by atoms with van der Waals surface area (Å²) >= 11 is 0. The van der Waals surface area contributed by atoms with E-state index < -0.39 is 6.10 Å². The van der Waals surface area contributed by atoms with Crippen LogP contribution in [0.3, 0.4) is 0 Å². The van der Waals surface area contributed by atoms with E-state index in [1.54, 1.807) is 0 Å². The Morgan fingerprint density at radius 3 is 0.769 bits per heavy atom. The number of carbonyl (C=O) groups excluding carboxylic acids is 3. The molecule has 1 atom stereocenters. The molecule has 0 heterocycles. The van der Waals surface area contributed by atoms with Crippen LogP contribution in [0.15, 0.2) is 12.2 Å². The third kappa shape index (κ3) is 53.0. The Hall–Kier alpha value is -1.85. The number of hydrogen-bond acceptors (Lipinski definition) is 6. The Morgan fingerprint density at radius 2 is 0.508 bits per heavy atom. The summed E-state index contributed by atoms with van der Waals surface area (Å²) < 4.78 is 16.9. The number of esters is 3.